The lowest BCUT2D eigenvalue weighted by molar-refractivity contribution is 0.0775. The van der Waals surface area contributed by atoms with Gasteiger partial charge in [0.15, 0.2) is 0 Å². The first-order valence-electron chi connectivity index (χ1n) is 6.03. The van der Waals surface area contributed by atoms with Crippen molar-refractivity contribution in [2.75, 3.05) is 7.05 Å². The van der Waals surface area contributed by atoms with Crippen molar-refractivity contribution in [3.8, 4) is 0 Å². The van der Waals surface area contributed by atoms with Gasteiger partial charge in [-0.3, -0.25) is 4.79 Å². The Morgan fingerprint density at radius 2 is 2.32 bits per heavy atom. The lowest BCUT2D eigenvalue weighted by Crippen LogP contribution is -2.28. The van der Waals surface area contributed by atoms with E-state index in [4.69, 9.17) is 0 Å². The second kappa shape index (κ2) is 5.88. The van der Waals surface area contributed by atoms with E-state index in [1.807, 2.05) is 43.2 Å². The number of carbonyl (C=O) groups is 1. The first kappa shape index (κ1) is 14.3. The van der Waals surface area contributed by atoms with Crippen LogP contribution in [0.3, 0.4) is 0 Å². The summed E-state index contributed by atoms with van der Waals surface area (Å²) in [5, 5.41) is 0. The summed E-state index contributed by atoms with van der Waals surface area (Å²) in [6, 6.07) is 1.86. The van der Waals surface area contributed by atoms with Crippen molar-refractivity contribution in [3.05, 3.63) is 38.5 Å². The molecular weight excluding hydrogens is 326 g/mol. The van der Waals surface area contributed by atoms with Crippen LogP contribution in [0.5, 0.6) is 0 Å². The van der Waals surface area contributed by atoms with Gasteiger partial charge >= 0.3 is 0 Å². The van der Waals surface area contributed by atoms with Gasteiger partial charge in [0.25, 0.3) is 5.91 Å². The van der Waals surface area contributed by atoms with Gasteiger partial charge < -0.3 is 9.47 Å². The normalized spacial score (nSPS) is 10.7. The molecule has 0 aromatic carbocycles. The van der Waals surface area contributed by atoms with E-state index in [-0.39, 0.29) is 5.91 Å². The number of carbonyl (C=O) groups excluding carboxylic acids is 1. The average molecular weight is 342 g/mol. The van der Waals surface area contributed by atoms with Crippen molar-refractivity contribution < 1.29 is 4.79 Å². The fraction of sp³-hybridized carbons (Fsp3) is 0.385. The largest absolute Gasteiger partial charge is 0.343 e. The topological polar surface area (TPSA) is 38.1 Å². The summed E-state index contributed by atoms with van der Waals surface area (Å²) in [7, 11) is 1.82. The van der Waals surface area contributed by atoms with Gasteiger partial charge in [0.1, 0.15) is 5.69 Å². The smallest absolute Gasteiger partial charge is 0.270 e. The highest BCUT2D eigenvalue weighted by molar-refractivity contribution is 9.10. The Morgan fingerprint density at radius 3 is 2.89 bits per heavy atom. The van der Waals surface area contributed by atoms with Crippen LogP contribution in [0.2, 0.25) is 0 Å². The number of aryl methyl sites for hydroxylation is 2. The predicted octanol–water partition coefficient (Wildman–Crippen LogP) is 3.31. The van der Waals surface area contributed by atoms with Crippen LogP contribution >= 0.6 is 27.3 Å². The molecule has 0 N–H and O–H groups in total. The summed E-state index contributed by atoms with van der Waals surface area (Å²) in [5.41, 5.74) is 3.52. The number of hydrogen-bond donors (Lipinski definition) is 0. The summed E-state index contributed by atoms with van der Waals surface area (Å²) >= 11 is 5.00. The molecule has 2 aromatic rings. The first-order valence-corrected chi connectivity index (χ1v) is 7.70. The summed E-state index contributed by atoms with van der Waals surface area (Å²) in [4.78, 5) is 19.5. The molecule has 2 aromatic heterocycles. The van der Waals surface area contributed by atoms with Gasteiger partial charge in [-0.1, -0.05) is 0 Å². The molecule has 2 heterocycles. The second-order valence-corrected chi connectivity index (χ2v) is 6.21. The van der Waals surface area contributed by atoms with E-state index in [1.54, 1.807) is 16.2 Å². The Bertz CT molecular complexity index is 590. The highest BCUT2D eigenvalue weighted by Gasteiger charge is 2.18. The monoisotopic (exact) mass is 341 g/mol. The molecule has 0 bridgehead atoms. The molecule has 0 aliphatic heterocycles. The van der Waals surface area contributed by atoms with Gasteiger partial charge in [-0.25, -0.2) is 4.98 Å². The first-order chi connectivity index (χ1) is 9.02. The van der Waals surface area contributed by atoms with E-state index in [0.717, 1.165) is 21.6 Å². The molecular formula is C13H16BrN3OS. The molecule has 0 saturated heterocycles. The van der Waals surface area contributed by atoms with E-state index in [9.17, 15) is 4.79 Å². The van der Waals surface area contributed by atoms with Crippen LogP contribution in [0.25, 0.3) is 0 Å². The zero-order chi connectivity index (χ0) is 14.0. The number of amides is 1. The average Bonchev–Trinajstić information content (AvgIpc) is 2.95. The van der Waals surface area contributed by atoms with E-state index < -0.39 is 0 Å². The van der Waals surface area contributed by atoms with Crippen LogP contribution < -0.4 is 0 Å². The SMILES string of the molecule is CCn1cc(Br)cc1C(=O)N(C)Cc1scnc1C. The fourth-order valence-electron chi connectivity index (χ4n) is 1.88. The minimum Gasteiger partial charge on any atom is -0.343 e. The molecule has 2 rings (SSSR count). The highest BCUT2D eigenvalue weighted by atomic mass is 79.9. The number of thiazole rings is 1. The van der Waals surface area contributed by atoms with E-state index in [1.165, 1.54) is 0 Å². The van der Waals surface area contributed by atoms with Crippen LogP contribution in [0.15, 0.2) is 22.2 Å². The molecule has 0 saturated carbocycles. The minimum atomic E-state index is 0.0281. The van der Waals surface area contributed by atoms with E-state index in [0.29, 0.717) is 12.2 Å². The van der Waals surface area contributed by atoms with E-state index >= 15 is 0 Å². The molecule has 102 valence electrons. The number of halogens is 1. The lowest BCUT2D eigenvalue weighted by atomic mass is 10.3. The Balaban J connectivity index is 2.17. The van der Waals surface area contributed by atoms with Crippen molar-refractivity contribution in [3.63, 3.8) is 0 Å². The van der Waals surface area contributed by atoms with Gasteiger partial charge in [-0.05, 0) is 35.8 Å². The van der Waals surface area contributed by atoms with Crippen molar-refractivity contribution in [2.45, 2.75) is 26.9 Å². The van der Waals surface area contributed by atoms with E-state index in [2.05, 4.69) is 20.9 Å². The Morgan fingerprint density at radius 1 is 1.58 bits per heavy atom. The zero-order valence-electron chi connectivity index (χ0n) is 11.2. The maximum atomic E-state index is 12.4. The molecule has 0 fully saturated rings. The highest BCUT2D eigenvalue weighted by Crippen LogP contribution is 2.19. The number of nitrogens with zero attached hydrogens (tertiary/aromatic N) is 3. The Labute approximate surface area is 125 Å². The number of rotatable bonds is 4. The van der Waals surface area contributed by atoms with Crippen molar-refractivity contribution in [1.82, 2.24) is 14.5 Å². The molecule has 4 nitrogen and oxygen atoms in total. The number of hydrogen-bond acceptors (Lipinski definition) is 3. The Kier molecular flexibility index (Phi) is 4.42. The lowest BCUT2D eigenvalue weighted by Gasteiger charge is -2.17. The predicted molar refractivity (Wildman–Crippen MR) is 80.5 cm³/mol. The summed E-state index contributed by atoms with van der Waals surface area (Å²) in [5.74, 6) is 0.0281. The maximum Gasteiger partial charge on any atom is 0.270 e. The van der Waals surface area contributed by atoms with Gasteiger partial charge in [0, 0.05) is 29.1 Å². The molecule has 6 heteroatoms. The van der Waals surface area contributed by atoms with Crippen LogP contribution in [0.4, 0.5) is 0 Å². The fourth-order valence-corrected chi connectivity index (χ4v) is 3.17. The molecule has 19 heavy (non-hydrogen) atoms. The standard InChI is InChI=1S/C13H16BrN3OS/c1-4-17-6-10(14)5-11(17)13(18)16(3)7-12-9(2)15-8-19-12/h5-6,8H,4,7H2,1-3H3. The molecule has 0 aliphatic rings. The minimum absolute atomic E-state index is 0.0281. The molecule has 0 spiro atoms. The molecule has 0 atom stereocenters. The molecule has 1 amide bonds. The van der Waals surface area contributed by atoms with Gasteiger partial charge in [0.2, 0.25) is 0 Å². The summed E-state index contributed by atoms with van der Waals surface area (Å²) in [6.07, 6.45) is 1.93. The third-order valence-corrected chi connectivity index (χ3v) is 4.35. The van der Waals surface area contributed by atoms with Crippen LogP contribution in [-0.4, -0.2) is 27.4 Å². The van der Waals surface area contributed by atoms with Crippen molar-refractivity contribution in [2.24, 2.45) is 0 Å². The van der Waals surface area contributed by atoms with Crippen molar-refractivity contribution in [1.29, 1.82) is 0 Å². The molecule has 0 radical (unpaired) electrons. The number of aromatic nitrogens is 2. The maximum absolute atomic E-state index is 12.4. The molecule has 0 aliphatic carbocycles. The Hall–Kier alpha value is -1.14. The van der Waals surface area contributed by atoms with Gasteiger partial charge in [0.05, 0.1) is 17.7 Å². The summed E-state index contributed by atoms with van der Waals surface area (Å²) < 4.78 is 2.88. The zero-order valence-corrected chi connectivity index (χ0v) is 13.6. The third kappa shape index (κ3) is 3.06. The third-order valence-electron chi connectivity index (χ3n) is 3.00. The van der Waals surface area contributed by atoms with Crippen molar-refractivity contribution >= 4 is 33.2 Å². The van der Waals surface area contributed by atoms with Crippen LogP contribution in [0.1, 0.15) is 28.0 Å². The summed E-state index contributed by atoms with van der Waals surface area (Å²) in [6.45, 7) is 5.37. The van der Waals surface area contributed by atoms with Crippen LogP contribution in [0, 0.1) is 6.92 Å². The van der Waals surface area contributed by atoms with Gasteiger partial charge in [-0.2, -0.15) is 0 Å². The molecule has 0 unspecified atom stereocenters. The van der Waals surface area contributed by atoms with Crippen LogP contribution in [-0.2, 0) is 13.1 Å². The quantitative estimate of drug-likeness (QED) is 0.855. The van der Waals surface area contributed by atoms with Gasteiger partial charge in [-0.15, -0.1) is 11.3 Å². The second-order valence-electron chi connectivity index (χ2n) is 4.35.